The number of amides is 1. The second-order valence-electron chi connectivity index (χ2n) is 4.47. The molecule has 17 heavy (non-hydrogen) atoms. The molecule has 1 saturated carbocycles. The van der Waals surface area contributed by atoms with Crippen LogP contribution in [0.5, 0.6) is 0 Å². The minimum Gasteiger partial charge on any atom is -0.358 e. The second kappa shape index (κ2) is 5.27. The molecule has 0 radical (unpaired) electrons. The van der Waals surface area contributed by atoms with Gasteiger partial charge in [0.15, 0.2) is 0 Å². The first kappa shape index (κ1) is 12.0. The molecular weight excluding hydrogens is 219 g/mol. The normalized spacial score (nSPS) is 22.9. The number of nitrogens with one attached hydrogen (secondary N) is 2. The van der Waals surface area contributed by atoms with Crippen molar-refractivity contribution in [1.82, 2.24) is 10.6 Å². The van der Waals surface area contributed by atoms with Gasteiger partial charge in [-0.15, -0.1) is 0 Å². The van der Waals surface area contributed by atoms with Gasteiger partial charge in [0.2, 0.25) is 5.91 Å². The molecule has 0 bridgehead atoms. The van der Waals surface area contributed by atoms with Crippen molar-refractivity contribution in [3.05, 3.63) is 35.6 Å². The molecule has 1 fully saturated rings. The largest absolute Gasteiger partial charge is 0.358 e. The summed E-state index contributed by atoms with van der Waals surface area (Å²) in [5, 5.41) is 5.75. The predicted octanol–water partition coefficient (Wildman–Crippen LogP) is 1.41. The van der Waals surface area contributed by atoms with Gasteiger partial charge in [-0.3, -0.25) is 4.79 Å². The van der Waals surface area contributed by atoms with E-state index in [9.17, 15) is 9.18 Å². The zero-order chi connectivity index (χ0) is 12.3. The zero-order valence-electron chi connectivity index (χ0n) is 9.87. The van der Waals surface area contributed by atoms with Gasteiger partial charge in [-0.05, 0) is 36.5 Å². The Morgan fingerprint density at radius 1 is 1.47 bits per heavy atom. The number of carbonyl (C=O) groups excluding carboxylic acids is 1. The van der Waals surface area contributed by atoms with Crippen LogP contribution in [0.4, 0.5) is 4.39 Å². The lowest BCUT2D eigenvalue weighted by atomic mass is 9.76. The number of benzene rings is 1. The van der Waals surface area contributed by atoms with Crippen LogP contribution in [0.15, 0.2) is 24.3 Å². The number of hydrogen-bond donors (Lipinski definition) is 2. The van der Waals surface area contributed by atoms with Crippen molar-refractivity contribution in [2.45, 2.75) is 24.8 Å². The Labute approximate surface area is 100 Å². The van der Waals surface area contributed by atoms with Crippen LogP contribution >= 0.6 is 0 Å². The Morgan fingerprint density at radius 2 is 2.24 bits per heavy atom. The molecule has 1 aliphatic rings. The Bertz CT molecular complexity index is 402. The van der Waals surface area contributed by atoms with Gasteiger partial charge in [0.05, 0.1) is 6.54 Å². The van der Waals surface area contributed by atoms with E-state index in [1.807, 2.05) is 6.07 Å². The minimum absolute atomic E-state index is 0.000736. The Kier molecular flexibility index (Phi) is 3.74. The molecule has 92 valence electrons. The van der Waals surface area contributed by atoms with Crippen LogP contribution in [-0.2, 0) is 4.79 Å². The maximum absolute atomic E-state index is 13.0. The molecule has 0 unspecified atom stereocenters. The smallest absolute Gasteiger partial charge is 0.233 e. The molecule has 1 aromatic rings. The average Bonchev–Trinajstić information content (AvgIpc) is 2.26. The Hall–Kier alpha value is -1.42. The Morgan fingerprint density at radius 3 is 2.88 bits per heavy atom. The van der Waals surface area contributed by atoms with Gasteiger partial charge in [0.1, 0.15) is 5.82 Å². The van der Waals surface area contributed by atoms with Gasteiger partial charge >= 0.3 is 0 Å². The summed E-state index contributed by atoms with van der Waals surface area (Å²) < 4.78 is 13.0. The average molecular weight is 236 g/mol. The third kappa shape index (κ3) is 3.03. The van der Waals surface area contributed by atoms with Crippen molar-refractivity contribution in [1.29, 1.82) is 0 Å². The van der Waals surface area contributed by atoms with Crippen LogP contribution in [-0.4, -0.2) is 25.5 Å². The van der Waals surface area contributed by atoms with Crippen LogP contribution in [0.2, 0.25) is 0 Å². The standard InChI is InChI=1S/C13H17FN2O/c1-15-13(17)8-16-12-6-10(7-12)9-3-2-4-11(14)5-9/h2-5,10,12,16H,6-8H2,1H3,(H,15,17). The van der Waals surface area contributed by atoms with Gasteiger partial charge in [-0.1, -0.05) is 12.1 Å². The molecule has 2 rings (SSSR count). The van der Waals surface area contributed by atoms with Gasteiger partial charge in [0, 0.05) is 13.1 Å². The third-order valence-corrected chi connectivity index (χ3v) is 3.29. The van der Waals surface area contributed by atoms with E-state index in [0.29, 0.717) is 18.5 Å². The SMILES string of the molecule is CNC(=O)CNC1CC(c2cccc(F)c2)C1. The molecule has 0 aromatic heterocycles. The molecule has 0 saturated heterocycles. The molecule has 2 N–H and O–H groups in total. The van der Waals surface area contributed by atoms with Gasteiger partial charge in [0.25, 0.3) is 0 Å². The topological polar surface area (TPSA) is 41.1 Å². The highest BCUT2D eigenvalue weighted by Gasteiger charge is 2.30. The third-order valence-electron chi connectivity index (χ3n) is 3.29. The molecular formula is C13H17FN2O. The molecule has 4 heteroatoms. The summed E-state index contributed by atoms with van der Waals surface area (Å²) in [6.45, 7) is 0.358. The maximum atomic E-state index is 13.0. The monoisotopic (exact) mass is 236 g/mol. The van der Waals surface area contributed by atoms with Crippen molar-refractivity contribution in [3.8, 4) is 0 Å². The van der Waals surface area contributed by atoms with Gasteiger partial charge < -0.3 is 10.6 Å². The first-order valence-electron chi connectivity index (χ1n) is 5.88. The molecule has 1 aromatic carbocycles. The lowest BCUT2D eigenvalue weighted by Crippen LogP contribution is -2.44. The summed E-state index contributed by atoms with van der Waals surface area (Å²) in [5.41, 5.74) is 1.06. The van der Waals surface area contributed by atoms with Crippen LogP contribution in [0.3, 0.4) is 0 Å². The minimum atomic E-state index is -0.177. The molecule has 0 atom stereocenters. The lowest BCUT2D eigenvalue weighted by molar-refractivity contribution is -0.120. The highest BCUT2D eigenvalue weighted by Crippen LogP contribution is 2.36. The van der Waals surface area contributed by atoms with E-state index in [1.54, 1.807) is 19.2 Å². The van der Waals surface area contributed by atoms with E-state index in [1.165, 1.54) is 6.07 Å². The number of likely N-dealkylation sites (N-methyl/N-ethyl adjacent to an activating group) is 1. The summed E-state index contributed by atoms with van der Waals surface area (Å²) >= 11 is 0. The summed E-state index contributed by atoms with van der Waals surface area (Å²) in [6, 6.07) is 7.14. The van der Waals surface area contributed by atoms with E-state index in [0.717, 1.165) is 18.4 Å². The van der Waals surface area contributed by atoms with Crippen LogP contribution in [0, 0.1) is 5.82 Å². The van der Waals surface area contributed by atoms with Crippen molar-refractivity contribution in [2.24, 2.45) is 0 Å². The molecule has 0 spiro atoms. The predicted molar refractivity (Wildman–Crippen MR) is 64.2 cm³/mol. The van der Waals surface area contributed by atoms with E-state index < -0.39 is 0 Å². The van der Waals surface area contributed by atoms with Crippen molar-refractivity contribution >= 4 is 5.91 Å². The number of halogens is 1. The van der Waals surface area contributed by atoms with E-state index >= 15 is 0 Å². The number of carbonyl (C=O) groups is 1. The highest BCUT2D eigenvalue weighted by molar-refractivity contribution is 5.77. The second-order valence-corrected chi connectivity index (χ2v) is 4.47. The molecule has 1 aliphatic carbocycles. The van der Waals surface area contributed by atoms with Gasteiger partial charge in [-0.25, -0.2) is 4.39 Å². The van der Waals surface area contributed by atoms with Crippen molar-refractivity contribution in [2.75, 3.05) is 13.6 Å². The quantitative estimate of drug-likeness (QED) is 0.830. The van der Waals surface area contributed by atoms with E-state index in [-0.39, 0.29) is 11.7 Å². The summed E-state index contributed by atoms with van der Waals surface area (Å²) in [7, 11) is 1.63. The van der Waals surface area contributed by atoms with Crippen LogP contribution in [0.1, 0.15) is 24.3 Å². The number of hydrogen-bond acceptors (Lipinski definition) is 2. The first-order valence-corrected chi connectivity index (χ1v) is 5.88. The summed E-state index contributed by atoms with van der Waals surface area (Å²) in [6.07, 6.45) is 1.95. The molecule has 3 nitrogen and oxygen atoms in total. The molecule has 1 amide bonds. The highest BCUT2D eigenvalue weighted by atomic mass is 19.1. The summed E-state index contributed by atoms with van der Waals surface area (Å²) in [4.78, 5) is 11.0. The fourth-order valence-electron chi connectivity index (χ4n) is 2.14. The van der Waals surface area contributed by atoms with Crippen molar-refractivity contribution < 1.29 is 9.18 Å². The van der Waals surface area contributed by atoms with Crippen LogP contribution < -0.4 is 10.6 Å². The fourth-order valence-corrected chi connectivity index (χ4v) is 2.14. The Balaban J connectivity index is 1.77. The van der Waals surface area contributed by atoms with E-state index in [2.05, 4.69) is 10.6 Å². The van der Waals surface area contributed by atoms with Crippen LogP contribution in [0.25, 0.3) is 0 Å². The van der Waals surface area contributed by atoms with Gasteiger partial charge in [-0.2, -0.15) is 0 Å². The van der Waals surface area contributed by atoms with Crippen molar-refractivity contribution in [3.63, 3.8) is 0 Å². The fraction of sp³-hybridized carbons (Fsp3) is 0.462. The molecule has 0 aliphatic heterocycles. The number of rotatable bonds is 4. The molecule has 0 heterocycles. The summed E-state index contributed by atoms with van der Waals surface area (Å²) in [5.74, 6) is 0.247. The first-order chi connectivity index (χ1) is 8.19. The zero-order valence-corrected chi connectivity index (χ0v) is 9.87. The lowest BCUT2D eigenvalue weighted by Gasteiger charge is -2.36. The maximum Gasteiger partial charge on any atom is 0.233 e. The van der Waals surface area contributed by atoms with E-state index in [4.69, 9.17) is 0 Å².